The number of methoxy groups -OCH3 is 1. The highest BCUT2D eigenvalue weighted by atomic mass is 16.5. The predicted molar refractivity (Wildman–Crippen MR) is 73.9 cm³/mol. The second-order valence-corrected chi connectivity index (χ2v) is 5.16. The van der Waals surface area contributed by atoms with E-state index in [1.807, 2.05) is 0 Å². The summed E-state index contributed by atoms with van der Waals surface area (Å²) in [4.78, 5) is 25.1. The summed E-state index contributed by atoms with van der Waals surface area (Å²) in [7, 11) is 1.57. The van der Waals surface area contributed by atoms with E-state index in [0.717, 1.165) is 12.8 Å². The van der Waals surface area contributed by atoms with E-state index in [1.165, 1.54) is 0 Å². The molecule has 1 atom stereocenters. The van der Waals surface area contributed by atoms with E-state index in [2.05, 4.69) is 0 Å². The van der Waals surface area contributed by atoms with Gasteiger partial charge in [0.1, 0.15) is 5.75 Å². The van der Waals surface area contributed by atoms with Gasteiger partial charge in [0.25, 0.3) is 5.91 Å². The highest BCUT2D eigenvalue weighted by molar-refractivity contribution is 5.95. The number of carboxylic acids is 1. The van der Waals surface area contributed by atoms with Gasteiger partial charge >= 0.3 is 5.97 Å². The summed E-state index contributed by atoms with van der Waals surface area (Å²) in [6.45, 7) is 1.88. The summed E-state index contributed by atoms with van der Waals surface area (Å²) in [6.07, 6.45) is 1.91. The third-order valence-corrected chi connectivity index (χ3v) is 3.48. The smallest absolute Gasteiger partial charge is 0.308 e. The van der Waals surface area contributed by atoms with Gasteiger partial charge in [0.2, 0.25) is 0 Å². The van der Waals surface area contributed by atoms with Crippen LogP contribution >= 0.6 is 0 Å². The van der Waals surface area contributed by atoms with Crippen LogP contribution in [0, 0.1) is 5.92 Å². The Morgan fingerprint density at radius 2 is 1.95 bits per heavy atom. The zero-order valence-electron chi connectivity index (χ0n) is 11.7. The number of hydrogen-bond acceptors (Lipinski definition) is 3. The molecular formula is C15H19NO4. The van der Waals surface area contributed by atoms with Gasteiger partial charge in [-0.2, -0.15) is 0 Å². The van der Waals surface area contributed by atoms with Crippen LogP contribution in [-0.2, 0) is 4.79 Å². The van der Waals surface area contributed by atoms with E-state index in [-0.39, 0.29) is 18.5 Å². The Morgan fingerprint density at radius 1 is 1.35 bits per heavy atom. The highest BCUT2D eigenvalue weighted by Gasteiger charge is 2.34. The lowest BCUT2D eigenvalue weighted by molar-refractivity contribution is -0.141. The minimum atomic E-state index is -0.877. The fourth-order valence-electron chi connectivity index (χ4n) is 2.06. The van der Waals surface area contributed by atoms with E-state index < -0.39 is 11.9 Å². The molecule has 1 saturated carbocycles. The minimum absolute atomic E-state index is 0.108. The van der Waals surface area contributed by atoms with Crippen LogP contribution in [-0.4, -0.2) is 41.6 Å². The average Bonchev–Trinajstić information content (AvgIpc) is 3.28. The molecule has 5 nitrogen and oxygen atoms in total. The van der Waals surface area contributed by atoms with E-state index in [9.17, 15) is 9.59 Å². The third kappa shape index (κ3) is 3.29. The predicted octanol–water partition coefficient (Wildman–Crippen LogP) is 2.02. The van der Waals surface area contributed by atoms with Gasteiger partial charge in [-0.1, -0.05) is 6.92 Å². The van der Waals surface area contributed by atoms with Crippen molar-refractivity contribution in [1.29, 1.82) is 0 Å². The second-order valence-electron chi connectivity index (χ2n) is 5.16. The summed E-state index contributed by atoms with van der Waals surface area (Å²) in [6, 6.07) is 7.08. The molecule has 0 spiro atoms. The second kappa shape index (κ2) is 5.94. The van der Waals surface area contributed by atoms with Crippen molar-refractivity contribution < 1.29 is 19.4 Å². The molecule has 1 aliphatic carbocycles. The van der Waals surface area contributed by atoms with Crippen molar-refractivity contribution >= 4 is 11.9 Å². The maximum Gasteiger partial charge on any atom is 0.308 e. The summed E-state index contributed by atoms with van der Waals surface area (Å²) >= 11 is 0. The van der Waals surface area contributed by atoms with Crippen molar-refractivity contribution in [3.05, 3.63) is 29.8 Å². The average molecular weight is 277 g/mol. The Balaban J connectivity index is 2.11. The van der Waals surface area contributed by atoms with Crippen molar-refractivity contribution in [1.82, 2.24) is 4.90 Å². The summed E-state index contributed by atoms with van der Waals surface area (Å²) < 4.78 is 5.06. The summed E-state index contributed by atoms with van der Waals surface area (Å²) in [5, 5.41) is 9.00. The lowest BCUT2D eigenvalue weighted by atomic mass is 10.1. The summed E-state index contributed by atoms with van der Waals surface area (Å²) in [5.74, 6) is -0.849. The van der Waals surface area contributed by atoms with Crippen LogP contribution in [0.5, 0.6) is 5.75 Å². The Labute approximate surface area is 118 Å². The lowest BCUT2D eigenvalue weighted by Gasteiger charge is -2.24. The van der Waals surface area contributed by atoms with Crippen LogP contribution in [0.1, 0.15) is 30.1 Å². The van der Waals surface area contributed by atoms with Crippen molar-refractivity contribution in [2.75, 3.05) is 13.7 Å². The molecule has 5 heteroatoms. The first-order chi connectivity index (χ1) is 9.52. The first kappa shape index (κ1) is 14.4. The number of benzene rings is 1. The maximum atomic E-state index is 12.5. The van der Waals surface area contributed by atoms with Gasteiger partial charge < -0.3 is 14.7 Å². The molecule has 1 amide bonds. The lowest BCUT2D eigenvalue weighted by Crippen LogP contribution is -2.38. The molecule has 20 heavy (non-hydrogen) atoms. The normalized spacial score (nSPS) is 15.5. The monoisotopic (exact) mass is 277 g/mol. The number of ether oxygens (including phenoxy) is 1. The van der Waals surface area contributed by atoms with Crippen LogP contribution in [0.15, 0.2) is 24.3 Å². The van der Waals surface area contributed by atoms with E-state index in [0.29, 0.717) is 11.3 Å². The molecule has 1 aromatic carbocycles. The van der Waals surface area contributed by atoms with Crippen molar-refractivity contribution in [3.8, 4) is 5.75 Å². The quantitative estimate of drug-likeness (QED) is 0.864. The molecule has 2 rings (SSSR count). The van der Waals surface area contributed by atoms with E-state index in [4.69, 9.17) is 9.84 Å². The number of hydrogen-bond donors (Lipinski definition) is 1. The van der Waals surface area contributed by atoms with Gasteiger partial charge in [-0.15, -0.1) is 0 Å². The highest BCUT2D eigenvalue weighted by Crippen LogP contribution is 2.29. The number of carbonyl (C=O) groups excluding carboxylic acids is 1. The standard InChI is InChI=1S/C15H19NO4/c1-10(15(18)19)9-16(12-5-6-12)14(17)11-3-7-13(20-2)8-4-11/h3-4,7-8,10,12H,5-6,9H2,1-2H3,(H,18,19). The number of nitrogens with zero attached hydrogens (tertiary/aromatic N) is 1. The van der Waals surface area contributed by atoms with Gasteiger partial charge in [-0.05, 0) is 37.1 Å². The van der Waals surface area contributed by atoms with Gasteiger partial charge in [0, 0.05) is 18.2 Å². The zero-order chi connectivity index (χ0) is 14.7. The topological polar surface area (TPSA) is 66.8 Å². The minimum Gasteiger partial charge on any atom is -0.497 e. The van der Waals surface area contributed by atoms with Gasteiger partial charge in [-0.25, -0.2) is 0 Å². The van der Waals surface area contributed by atoms with Gasteiger partial charge in [0.15, 0.2) is 0 Å². The van der Waals surface area contributed by atoms with Gasteiger partial charge in [-0.3, -0.25) is 9.59 Å². The Morgan fingerprint density at radius 3 is 2.40 bits per heavy atom. The van der Waals surface area contributed by atoms with Crippen LogP contribution in [0.25, 0.3) is 0 Å². The molecule has 0 saturated heterocycles. The molecule has 0 aromatic heterocycles. The number of aliphatic carboxylic acids is 1. The Hall–Kier alpha value is -2.04. The fraction of sp³-hybridized carbons (Fsp3) is 0.467. The Bertz CT molecular complexity index is 493. The number of amides is 1. The van der Waals surface area contributed by atoms with Crippen molar-refractivity contribution in [2.24, 2.45) is 5.92 Å². The molecule has 1 aromatic rings. The first-order valence-electron chi connectivity index (χ1n) is 6.70. The molecule has 1 fully saturated rings. The van der Waals surface area contributed by atoms with Crippen LogP contribution < -0.4 is 4.74 Å². The van der Waals surface area contributed by atoms with Crippen LogP contribution in [0.4, 0.5) is 0 Å². The number of carboxylic acid groups (broad SMARTS) is 1. The molecule has 1 unspecified atom stereocenters. The number of carbonyl (C=O) groups is 2. The molecule has 108 valence electrons. The first-order valence-corrected chi connectivity index (χ1v) is 6.70. The molecule has 0 radical (unpaired) electrons. The largest absolute Gasteiger partial charge is 0.497 e. The van der Waals surface area contributed by atoms with Crippen molar-refractivity contribution in [3.63, 3.8) is 0 Å². The summed E-state index contributed by atoms with van der Waals surface area (Å²) in [5.41, 5.74) is 0.565. The zero-order valence-corrected chi connectivity index (χ0v) is 11.7. The fourth-order valence-corrected chi connectivity index (χ4v) is 2.06. The van der Waals surface area contributed by atoms with E-state index in [1.54, 1.807) is 43.2 Å². The van der Waals surface area contributed by atoms with Crippen LogP contribution in [0.2, 0.25) is 0 Å². The molecule has 1 N–H and O–H groups in total. The molecule has 0 aliphatic heterocycles. The van der Waals surface area contributed by atoms with E-state index >= 15 is 0 Å². The Kier molecular flexibility index (Phi) is 4.27. The molecular weight excluding hydrogens is 258 g/mol. The SMILES string of the molecule is COc1ccc(C(=O)N(CC(C)C(=O)O)C2CC2)cc1. The molecule has 0 bridgehead atoms. The molecule has 0 heterocycles. The maximum absolute atomic E-state index is 12.5. The van der Waals surface area contributed by atoms with Crippen LogP contribution in [0.3, 0.4) is 0 Å². The third-order valence-electron chi connectivity index (χ3n) is 3.48. The molecule has 1 aliphatic rings. The van der Waals surface area contributed by atoms with Crippen molar-refractivity contribution in [2.45, 2.75) is 25.8 Å². The van der Waals surface area contributed by atoms with Gasteiger partial charge in [0.05, 0.1) is 13.0 Å². The number of rotatable bonds is 6.